The minimum atomic E-state index is 0. The Labute approximate surface area is 389 Å². The van der Waals surface area contributed by atoms with E-state index in [0.717, 1.165) is 22.1 Å². The minimum absolute atomic E-state index is 0. The molecule has 0 unspecified atom stereocenters. The Hall–Kier alpha value is -8.09. The van der Waals surface area contributed by atoms with Crippen molar-refractivity contribution in [3.63, 3.8) is 0 Å². The topological polar surface area (TPSA) is 63.9 Å². The average Bonchev–Trinajstić information content (AvgIpc) is 3.39. The van der Waals surface area contributed by atoms with Crippen molar-refractivity contribution in [2.24, 2.45) is 4.99 Å². The molecule has 5 nitrogen and oxygen atoms in total. The van der Waals surface area contributed by atoms with Gasteiger partial charge in [-0.05, 0) is 45.8 Å². The molecule has 0 atom stereocenters. The van der Waals surface area contributed by atoms with Gasteiger partial charge < -0.3 is 4.99 Å². The van der Waals surface area contributed by atoms with Gasteiger partial charge >= 0.3 is 18.6 Å². The molecular weight excluding hydrogens is 830 g/mol. The van der Waals surface area contributed by atoms with Gasteiger partial charge in [0.1, 0.15) is 0 Å². The van der Waals surface area contributed by atoms with Crippen LogP contribution in [0.15, 0.2) is 248 Å². The third-order valence-corrected chi connectivity index (χ3v) is 10.8. The van der Waals surface area contributed by atoms with Crippen LogP contribution in [0.25, 0.3) is 86.7 Å². The molecule has 0 amide bonds. The summed E-state index contributed by atoms with van der Waals surface area (Å²) in [5.74, 6) is 0. The van der Waals surface area contributed by atoms with Gasteiger partial charge in [-0.3, -0.25) is 26.0 Å². The molecule has 6 heteroatoms. The predicted molar refractivity (Wildman–Crippen MR) is 270 cm³/mol. The van der Waals surface area contributed by atoms with Gasteiger partial charge in [0.15, 0.2) is 0 Å². The van der Waals surface area contributed by atoms with E-state index in [1.165, 1.54) is 64.6 Å². The molecule has 13 rings (SSSR count). The van der Waals surface area contributed by atoms with E-state index in [4.69, 9.17) is 6.72 Å². The van der Waals surface area contributed by atoms with Crippen LogP contribution in [-0.4, -0.2) is 26.7 Å². The van der Waals surface area contributed by atoms with Gasteiger partial charge in [0, 0.05) is 67.9 Å². The first-order valence-corrected chi connectivity index (χ1v) is 21.0. The third-order valence-electron chi connectivity index (χ3n) is 10.8. The first-order valence-electron chi connectivity index (χ1n) is 21.0. The van der Waals surface area contributed by atoms with Gasteiger partial charge in [-0.1, -0.05) is 170 Å². The van der Waals surface area contributed by atoms with E-state index in [2.05, 4.69) is 152 Å². The van der Waals surface area contributed by atoms with Crippen LogP contribution >= 0.6 is 0 Å². The van der Waals surface area contributed by atoms with Crippen LogP contribution in [-0.2, 0) is 18.6 Å². The summed E-state index contributed by atoms with van der Waals surface area (Å²) >= 11 is 0. The summed E-state index contributed by atoms with van der Waals surface area (Å²) in [6, 6.07) is 76.4. The number of pyridine rings is 4. The molecule has 1 radical (unpaired) electrons. The fourth-order valence-corrected chi connectivity index (χ4v) is 7.70. The van der Waals surface area contributed by atoms with E-state index in [0.29, 0.717) is 5.69 Å². The van der Waals surface area contributed by atoms with Gasteiger partial charge in [0.25, 0.3) is 0 Å². The van der Waals surface area contributed by atoms with Gasteiger partial charge in [-0.15, -0.1) is 0 Å². The van der Waals surface area contributed by atoms with E-state index < -0.39 is 0 Å². The predicted octanol–water partition coefficient (Wildman–Crippen LogP) is 15.2. The molecule has 4 heterocycles. The fraction of sp³-hybridized carbons (Fsp3) is 0. The molecule has 0 fully saturated rings. The molecule has 9 aromatic carbocycles. The summed E-state index contributed by atoms with van der Waals surface area (Å²) in [5.41, 5.74) is 4.93. The Morgan fingerprint density at radius 1 is 0.292 bits per heavy atom. The first-order chi connectivity index (χ1) is 31.7. The molecule has 0 N–H and O–H groups in total. The summed E-state index contributed by atoms with van der Waals surface area (Å²) in [7, 11) is 0. The molecule has 0 aliphatic carbocycles. The van der Waals surface area contributed by atoms with Gasteiger partial charge in [-0.2, -0.15) is 24.9 Å². The number of aromatic nitrogens is 4. The number of benzene rings is 9. The van der Waals surface area contributed by atoms with Crippen LogP contribution < -0.4 is 0 Å². The fourth-order valence-electron chi connectivity index (χ4n) is 7.70. The van der Waals surface area contributed by atoms with E-state index in [-0.39, 0.29) is 18.6 Å². The van der Waals surface area contributed by atoms with Crippen LogP contribution in [0.5, 0.6) is 0 Å². The standard InChI is InChI=1S/4C13H9N.C7H5N.V/c4*1-2-6-11-10(5-1)9-14-13-8-4-3-7-12(11)13;1-8-7-5-3-2-4-6-7;/h4*1-9H;1-5H;/q;;;;-2;+2. The van der Waals surface area contributed by atoms with Crippen molar-refractivity contribution >= 4 is 99.1 Å². The maximum absolute atomic E-state index is 4.94. The molecular formula is C59H41N5V. The normalized spacial score (nSPS) is 10.4. The largest absolute Gasteiger partial charge is 2.00 e. The molecule has 0 saturated carbocycles. The molecule has 0 spiro atoms. The Morgan fingerprint density at radius 2 is 0.538 bits per heavy atom. The first kappa shape index (κ1) is 43.6. The molecule has 0 saturated heterocycles. The van der Waals surface area contributed by atoms with Gasteiger partial charge in [-0.25, -0.2) is 11.8 Å². The zero-order valence-corrected chi connectivity index (χ0v) is 36.8. The molecule has 4 aromatic heterocycles. The van der Waals surface area contributed by atoms with Gasteiger partial charge in [0.2, 0.25) is 0 Å². The van der Waals surface area contributed by atoms with Crippen LogP contribution in [0.3, 0.4) is 0 Å². The zero-order valence-electron chi connectivity index (χ0n) is 35.4. The smallest absolute Gasteiger partial charge is 0.485 e. The molecule has 13 aromatic rings. The number of fused-ring (bicyclic) bond motifs is 12. The number of nitrogens with zero attached hydrogens (tertiary/aromatic N) is 5. The second-order valence-electron chi connectivity index (χ2n) is 14.8. The Bertz CT molecular complexity index is 3010. The number of aliphatic imine (C=N–C) groups is 1. The van der Waals surface area contributed by atoms with Crippen molar-refractivity contribution in [1.82, 2.24) is 19.9 Å². The Kier molecular flexibility index (Phi) is 14.3. The van der Waals surface area contributed by atoms with E-state index >= 15 is 0 Å². The van der Waals surface area contributed by atoms with E-state index in [1.807, 2.05) is 110 Å². The summed E-state index contributed by atoms with van der Waals surface area (Å²) in [6.07, 6.45) is 7.71. The molecule has 0 aliphatic rings. The van der Waals surface area contributed by atoms with Crippen LogP contribution in [0.4, 0.5) is 5.69 Å². The molecule has 307 valence electrons. The summed E-state index contributed by atoms with van der Waals surface area (Å²) in [4.78, 5) is 21.1. The maximum Gasteiger partial charge on any atom is 2.00 e. The van der Waals surface area contributed by atoms with Crippen LogP contribution in [0.1, 0.15) is 0 Å². The molecule has 0 bridgehead atoms. The summed E-state index contributed by atoms with van der Waals surface area (Å²) in [6.45, 7) is 4.94. The Balaban J connectivity index is 0.000000112. The monoisotopic (exact) mass is 870 g/mol. The third kappa shape index (κ3) is 10.3. The van der Waals surface area contributed by atoms with Crippen molar-refractivity contribution in [2.45, 2.75) is 0 Å². The Morgan fingerprint density at radius 3 is 0.785 bits per heavy atom. The average molecular weight is 871 g/mol. The number of para-hydroxylation sites is 5. The maximum atomic E-state index is 4.94. The quantitative estimate of drug-likeness (QED) is 0.0936. The summed E-state index contributed by atoms with van der Waals surface area (Å²) < 4.78 is 0. The van der Waals surface area contributed by atoms with Crippen LogP contribution in [0.2, 0.25) is 0 Å². The van der Waals surface area contributed by atoms with E-state index in [1.54, 1.807) is 12.1 Å². The number of rotatable bonds is 1. The SMILES string of the molecule is [CH-]=Nc1[c-]cccc1.[V+2].c1ccc2c(c1)cnc1ccccc12.c1ccc2c(c1)cnc1ccccc12.c1ccc2c(c1)cnc1ccccc12.c1ccc2c(c1)cnc1ccccc12. The van der Waals surface area contributed by atoms with Crippen molar-refractivity contribution in [2.75, 3.05) is 0 Å². The minimum Gasteiger partial charge on any atom is -0.485 e. The van der Waals surface area contributed by atoms with Crippen LogP contribution in [0, 0.1) is 6.07 Å². The second-order valence-corrected chi connectivity index (χ2v) is 14.8. The van der Waals surface area contributed by atoms with Crippen molar-refractivity contribution in [3.8, 4) is 0 Å². The molecule has 0 aliphatic heterocycles. The van der Waals surface area contributed by atoms with Crippen molar-refractivity contribution in [1.29, 1.82) is 0 Å². The molecule has 65 heavy (non-hydrogen) atoms. The number of hydrogen-bond acceptors (Lipinski definition) is 5. The summed E-state index contributed by atoms with van der Waals surface area (Å²) in [5, 5.41) is 14.8. The van der Waals surface area contributed by atoms with Crippen molar-refractivity contribution < 1.29 is 18.6 Å². The van der Waals surface area contributed by atoms with Gasteiger partial charge in [0.05, 0.1) is 22.1 Å². The van der Waals surface area contributed by atoms with E-state index in [9.17, 15) is 0 Å². The van der Waals surface area contributed by atoms with Crippen molar-refractivity contribution in [3.05, 3.63) is 249 Å². The second kappa shape index (κ2) is 21.3. The zero-order chi connectivity index (χ0) is 43.3. The number of hydrogen-bond donors (Lipinski definition) is 0.